The quantitative estimate of drug-likeness (QED) is 0.744. The number of carbonyl (C=O) groups excluding carboxylic acids is 1. The Balaban J connectivity index is 0.000000339. The van der Waals surface area contributed by atoms with Gasteiger partial charge in [-0.3, -0.25) is 9.69 Å². The second-order valence-corrected chi connectivity index (χ2v) is 9.71. The molecule has 174 valence electrons. The molecule has 6 nitrogen and oxygen atoms in total. The van der Waals surface area contributed by atoms with Gasteiger partial charge in [-0.25, -0.2) is 4.79 Å². The monoisotopic (exact) mass is 462 g/mol. The molecule has 10 heteroatoms. The zero-order valence-corrected chi connectivity index (χ0v) is 18.4. The lowest BCUT2D eigenvalue weighted by atomic mass is 9.78. The minimum absolute atomic E-state index is 0.176. The first-order chi connectivity index (χ1) is 14.6. The van der Waals surface area contributed by atoms with Crippen LogP contribution in [-0.4, -0.2) is 71.8 Å². The molecule has 3 aliphatic rings. The van der Waals surface area contributed by atoms with Gasteiger partial charge in [0.15, 0.2) is 0 Å². The van der Waals surface area contributed by atoms with Gasteiger partial charge >= 0.3 is 12.1 Å². The summed E-state index contributed by atoms with van der Waals surface area (Å²) in [5.41, 5.74) is 0. The van der Waals surface area contributed by atoms with E-state index in [0.717, 1.165) is 52.2 Å². The van der Waals surface area contributed by atoms with Crippen LogP contribution < -0.4 is 0 Å². The summed E-state index contributed by atoms with van der Waals surface area (Å²) in [4.78, 5) is 29.3. The normalized spacial score (nSPS) is 26.7. The van der Waals surface area contributed by atoms with E-state index in [1.54, 1.807) is 0 Å². The summed E-state index contributed by atoms with van der Waals surface area (Å²) in [6, 6.07) is 4.45. The summed E-state index contributed by atoms with van der Waals surface area (Å²) in [6.45, 7) is 7.97. The van der Waals surface area contributed by atoms with E-state index < -0.39 is 12.1 Å². The number of carbonyl (C=O) groups is 2. The standard InChI is InChI=1S/C19H28N2O2S.C2HF3O2/c1-14-4-5-15(24-14)12-20-10-6-18-17(13-20)16(7-11-23-18)19(22)21-8-2-3-9-21;3-2(4,5)1(6)7/h4-5,16-18H,2-3,6-13H2,1H3;(H,6,7)/t16-,17+,18-;/m1./s1. The average Bonchev–Trinajstić information content (AvgIpc) is 3.39. The summed E-state index contributed by atoms with van der Waals surface area (Å²) in [7, 11) is 0. The van der Waals surface area contributed by atoms with Crippen molar-refractivity contribution in [1.82, 2.24) is 9.80 Å². The Kier molecular flexibility index (Phi) is 7.98. The van der Waals surface area contributed by atoms with Crippen LogP contribution in [0.5, 0.6) is 0 Å². The number of hydrogen-bond donors (Lipinski definition) is 1. The van der Waals surface area contributed by atoms with Crippen molar-refractivity contribution in [3.8, 4) is 0 Å². The summed E-state index contributed by atoms with van der Waals surface area (Å²) >= 11 is 1.89. The number of amides is 1. The molecule has 1 aromatic rings. The predicted octanol–water partition coefficient (Wildman–Crippen LogP) is 3.54. The Morgan fingerprint density at radius 2 is 1.87 bits per heavy atom. The lowest BCUT2D eigenvalue weighted by Gasteiger charge is -2.45. The molecular formula is C21H29F3N2O4S. The molecule has 1 N–H and O–H groups in total. The molecule has 0 spiro atoms. The lowest BCUT2D eigenvalue weighted by Crippen LogP contribution is -2.53. The van der Waals surface area contributed by atoms with E-state index >= 15 is 0 Å². The third-order valence-electron chi connectivity index (χ3n) is 6.11. The Labute approximate surface area is 184 Å². The molecule has 3 fully saturated rings. The van der Waals surface area contributed by atoms with Gasteiger partial charge in [-0.1, -0.05) is 0 Å². The molecule has 1 aromatic heterocycles. The number of ether oxygens (including phenoxy) is 1. The first-order valence-electron chi connectivity index (χ1n) is 10.6. The van der Waals surface area contributed by atoms with E-state index in [0.29, 0.717) is 11.8 Å². The number of fused-ring (bicyclic) bond motifs is 1. The Morgan fingerprint density at radius 1 is 1.19 bits per heavy atom. The predicted molar refractivity (Wildman–Crippen MR) is 110 cm³/mol. The van der Waals surface area contributed by atoms with Crippen LogP contribution in [0.25, 0.3) is 0 Å². The maximum Gasteiger partial charge on any atom is 0.490 e. The van der Waals surface area contributed by atoms with Crippen molar-refractivity contribution in [3.63, 3.8) is 0 Å². The number of carboxylic acids is 1. The van der Waals surface area contributed by atoms with E-state index in [-0.39, 0.29) is 12.0 Å². The van der Waals surface area contributed by atoms with Gasteiger partial charge in [0.2, 0.25) is 5.91 Å². The molecule has 31 heavy (non-hydrogen) atoms. The Hall–Kier alpha value is -1.65. The number of alkyl halides is 3. The maximum atomic E-state index is 13.0. The molecule has 0 aliphatic carbocycles. The highest BCUT2D eigenvalue weighted by atomic mass is 32.1. The van der Waals surface area contributed by atoms with Crippen molar-refractivity contribution in [1.29, 1.82) is 0 Å². The van der Waals surface area contributed by atoms with Crippen LogP contribution in [0.4, 0.5) is 13.2 Å². The van der Waals surface area contributed by atoms with E-state index in [2.05, 4.69) is 28.9 Å². The van der Waals surface area contributed by atoms with Crippen molar-refractivity contribution >= 4 is 23.2 Å². The zero-order valence-electron chi connectivity index (χ0n) is 17.6. The third kappa shape index (κ3) is 6.43. The number of likely N-dealkylation sites (tertiary alicyclic amines) is 2. The van der Waals surface area contributed by atoms with Gasteiger partial charge < -0.3 is 14.7 Å². The molecule has 4 heterocycles. The third-order valence-corrected chi connectivity index (χ3v) is 7.09. The van der Waals surface area contributed by atoms with E-state index in [1.807, 2.05) is 11.3 Å². The fraction of sp³-hybridized carbons (Fsp3) is 0.714. The average molecular weight is 463 g/mol. The molecule has 3 aliphatic heterocycles. The largest absolute Gasteiger partial charge is 0.490 e. The minimum atomic E-state index is -5.08. The molecule has 0 unspecified atom stereocenters. The van der Waals surface area contributed by atoms with E-state index in [9.17, 15) is 18.0 Å². The van der Waals surface area contributed by atoms with Gasteiger partial charge in [0.25, 0.3) is 0 Å². The van der Waals surface area contributed by atoms with Crippen LogP contribution in [0.2, 0.25) is 0 Å². The van der Waals surface area contributed by atoms with E-state index in [4.69, 9.17) is 14.6 Å². The number of rotatable bonds is 3. The smallest absolute Gasteiger partial charge is 0.475 e. The Morgan fingerprint density at radius 3 is 2.45 bits per heavy atom. The van der Waals surface area contributed by atoms with Crippen molar-refractivity contribution in [2.45, 2.75) is 51.4 Å². The zero-order chi connectivity index (χ0) is 22.6. The number of piperidine rings is 1. The van der Waals surface area contributed by atoms with Gasteiger partial charge in [-0.05, 0) is 44.7 Å². The van der Waals surface area contributed by atoms with Crippen LogP contribution in [0.3, 0.4) is 0 Å². The lowest BCUT2D eigenvalue weighted by molar-refractivity contribution is -0.192. The van der Waals surface area contributed by atoms with Crippen LogP contribution >= 0.6 is 11.3 Å². The summed E-state index contributed by atoms with van der Waals surface area (Å²) < 4.78 is 37.8. The van der Waals surface area contributed by atoms with Crippen LogP contribution in [0.1, 0.15) is 35.4 Å². The Bertz CT molecular complexity index is 764. The number of hydrogen-bond acceptors (Lipinski definition) is 5. The molecular weight excluding hydrogens is 433 g/mol. The van der Waals surface area contributed by atoms with Gasteiger partial charge in [0, 0.05) is 60.9 Å². The van der Waals surface area contributed by atoms with Crippen molar-refractivity contribution < 1.29 is 32.6 Å². The minimum Gasteiger partial charge on any atom is -0.475 e. The summed E-state index contributed by atoms with van der Waals surface area (Å²) in [5.74, 6) is -1.80. The number of halogens is 3. The molecule has 3 saturated heterocycles. The molecule has 0 aromatic carbocycles. The highest BCUT2D eigenvalue weighted by Crippen LogP contribution is 2.35. The van der Waals surface area contributed by atoms with Gasteiger partial charge in [0.1, 0.15) is 0 Å². The molecule has 0 bridgehead atoms. The van der Waals surface area contributed by atoms with Crippen LogP contribution in [-0.2, 0) is 20.9 Å². The summed E-state index contributed by atoms with van der Waals surface area (Å²) in [5, 5.41) is 7.12. The maximum absolute atomic E-state index is 13.0. The van der Waals surface area contributed by atoms with Crippen LogP contribution in [0.15, 0.2) is 12.1 Å². The number of aryl methyl sites for hydroxylation is 1. The second kappa shape index (κ2) is 10.3. The van der Waals surface area contributed by atoms with Gasteiger partial charge in [-0.15, -0.1) is 11.3 Å². The number of carboxylic acid groups (broad SMARTS) is 1. The molecule has 0 radical (unpaired) electrons. The molecule has 3 atom stereocenters. The molecule has 0 saturated carbocycles. The fourth-order valence-corrected chi connectivity index (χ4v) is 5.53. The molecule has 4 rings (SSSR count). The van der Waals surface area contributed by atoms with Crippen molar-refractivity contribution in [2.75, 3.05) is 32.8 Å². The first kappa shape index (κ1) is 24.0. The highest BCUT2D eigenvalue weighted by Gasteiger charge is 2.43. The number of nitrogens with zero attached hydrogens (tertiary/aromatic N) is 2. The van der Waals surface area contributed by atoms with E-state index in [1.165, 1.54) is 22.6 Å². The fourth-order valence-electron chi connectivity index (χ4n) is 4.60. The van der Waals surface area contributed by atoms with Crippen molar-refractivity contribution in [3.05, 3.63) is 21.9 Å². The van der Waals surface area contributed by atoms with Crippen molar-refractivity contribution in [2.24, 2.45) is 11.8 Å². The SMILES string of the molecule is Cc1ccc(CN2CC[C@H]3OCC[C@@H](C(=O)N4CCCC4)[C@@H]3C2)s1.O=C(O)C(F)(F)F. The topological polar surface area (TPSA) is 70.1 Å². The molecule has 1 amide bonds. The number of aliphatic carboxylic acids is 1. The van der Waals surface area contributed by atoms with Gasteiger partial charge in [-0.2, -0.15) is 13.2 Å². The second-order valence-electron chi connectivity index (χ2n) is 8.34. The first-order valence-corrected chi connectivity index (χ1v) is 11.4. The van der Waals surface area contributed by atoms with Crippen LogP contribution in [0, 0.1) is 18.8 Å². The number of thiophene rings is 1. The van der Waals surface area contributed by atoms with Gasteiger partial charge in [0.05, 0.1) is 6.10 Å². The highest BCUT2D eigenvalue weighted by molar-refractivity contribution is 7.11. The summed E-state index contributed by atoms with van der Waals surface area (Å²) in [6.07, 6.45) is -0.474.